The molecule has 1 aromatic heterocycles. The summed E-state index contributed by atoms with van der Waals surface area (Å²) < 4.78 is 0. The molecule has 21 heavy (non-hydrogen) atoms. The van der Waals surface area contributed by atoms with Crippen molar-refractivity contribution in [3.05, 3.63) is 53.9 Å². The van der Waals surface area contributed by atoms with Crippen molar-refractivity contribution in [1.82, 2.24) is 4.98 Å². The van der Waals surface area contributed by atoms with Gasteiger partial charge in [-0.05, 0) is 29.8 Å². The van der Waals surface area contributed by atoms with Gasteiger partial charge in [0.15, 0.2) is 6.10 Å². The number of anilines is 2. The average molecular weight is 283 g/mol. The van der Waals surface area contributed by atoms with E-state index in [1.54, 1.807) is 19.4 Å². The van der Waals surface area contributed by atoms with Crippen LogP contribution in [0.15, 0.2) is 42.7 Å². The fourth-order valence-electron chi connectivity index (χ4n) is 2.58. The number of fused-ring (bicyclic) bond motifs is 1. The number of rotatable bonds is 3. The first-order valence-electron chi connectivity index (χ1n) is 6.77. The minimum atomic E-state index is -1.04. The molecule has 2 aromatic rings. The number of amides is 1. The quantitative estimate of drug-likeness (QED) is 0.932. The van der Waals surface area contributed by atoms with E-state index in [0.29, 0.717) is 5.56 Å². The molecule has 5 heteroatoms. The SMILES string of the molecule is CN(Cc1ccncc1)c1ccc2c(c1)N(C)C(=O)C2O. The highest BCUT2D eigenvalue weighted by molar-refractivity contribution is 6.03. The van der Waals surface area contributed by atoms with Gasteiger partial charge in [-0.3, -0.25) is 9.78 Å². The van der Waals surface area contributed by atoms with Crippen LogP contribution >= 0.6 is 0 Å². The minimum Gasteiger partial charge on any atom is -0.378 e. The summed E-state index contributed by atoms with van der Waals surface area (Å²) >= 11 is 0. The first kappa shape index (κ1) is 13.6. The highest BCUT2D eigenvalue weighted by Crippen LogP contribution is 2.37. The molecule has 1 unspecified atom stereocenters. The molecule has 1 amide bonds. The van der Waals surface area contributed by atoms with Gasteiger partial charge in [-0.1, -0.05) is 6.07 Å². The number of carbonyl (C=O) groups is 1. The van der Waals surface area contributed by atoms with E-state index < -0.39 is 6.10 Å². The van der Waals surface area contributed by atoms with Crippen LogP contribution in [0.2, 0.25) is 0 Å². The Balaban J connectivity index is 1.86. The maximum atomic E-state index is 11.8. The monoisotopic (exact) mass is 283 g/mol. The van der Waals surface area contributed by atoms with Crippen molar-refractivity contribution in [2.45, 2.75) is 12.6 Å². The van der Waals surface area contributed by atoms with Crippen molar-refractivity contribution in [2.24, 2.45) is 0 Å². The number of aliphatic hydroxyl groups is 1. The third-order valence-electron chi connectivity index (χ3n) is 3.84. The van der Waals surface area contributed by atoms with E-state index in [1.165, 1.54) is 4.90 Å². The normalized spacial score (nSPS) is 17.0. The number of benzene rings is 1. The first-order valence-corrected chi connectivity index (χ1v) is 6.77. The lowest BCUT2D eigenvalue weighted by Gasteiger charge is -2.21. The number of hydrogen-bond acceptors (Lipinski definition) is 4. The van der Waals surface area contributed by atoms with E-state index in [9.17, 15) is 9.90 Å². The largest absolute Gasteiger partial charge is 0.378 e. The molecule has 0 radical (unpaired) electrons. The van der Waals surface area contributed by atoms with Crippen molar-refractivity contribution < 1.29 is 9.90 Å². The summed E-state index contributed by atoms with van der Waals surface area (Å²) in [6.45, 7) is 0.752. The molecule has 0 fully saturated rings. The van der Waals surface area contributed by atoms with Crippen LogP contribution in [-0.2, 0) is 11.3 Å². The molecule has 2 heterocycles. The van der Waals surface area contributed by atoms with Crippen molar-refractivity contribution in [3.8, 4) is 0 Å². The van der Waals surface area contributed by atoms with E-state index in [1.807, 2.05) is 37.4 Å². The summed E-state index contributed by atoms with van der Waals surface area (Å²) in [5.41, 5.74) is 3.60. The number of hydrogen-bond donors (Lipinski definition) is 1. The van der Waals surface area contributed by atoms with E-state index >= 15 is 0 Å². The number of aromatic nitrogens is 1. The summed E-state index contributed by atoms with van der Waals surface area (Å²) in [6, 6.07) is 9.63. The third-order valence-corrected chi connectivity index (χ3v) is 3.84. The van der Waals surface area contributed by atoms with Crippen molar-refractivity contribution in [3.63, 3.8) is 0 Å². The molecule has 0 bridgehead atoms. The molecule has 0 aliphatic carbocycles. The maximum Gasteiger partial charge on any atom is 0.260 e. The Morgan fingerprint density at radius 3 is 2.71 bits per heavy atom. The van der Waals surface area contributed by atoms with Crippen molar-refractivity contribution in [2.75, 3.05) is 23.9 Å². The van der Waals surface area contributed by atoms with E-state index in [2.05, 4.69) is 9.88 Å². The van der Waals surface area contributed by atoms with Gasteiger partial charge < -0.3 is 14.9 Å². The molecule has 108 valence electrons. The van der Waals surface area contributed by atoms with Crippen LogP contribution in [0, 0.1) is 0 Å². The second kappa shape index (κ2) is 5.18. The van der Waals surface area contributed by atoms with Crippen LogP contribution in [-0.4, -0.2) is 30.1 Å². The molecular formula is C16H17N3O2. The van der Waals surface area contributed by atoms with Crippen LogP contribution in [0.4, 0.5) is 11.4 Å². The van der Waals surface area contributed by atoms with Gasteiger partial charge >= 0.3 is 0 Å². The van der Waals surface area contributed by atoms with Crippen LogP contribution in [0.5, 0.6) is 0 Å². The van der Waals surface area contributed by atoms with Gasteiger partial charge in [0, 0.05) is 44.3 Å². The van der Waals surface area contributed by atoms with Gasteiger partial charge in [0.05, 0.1) is 5.69 Å². The zero-order chi connectivity index (χ0) is 15.0. The molecule has 1 N–H and O–H groups in total. The van der Waals surface area contributed by atoms with E-state index in [0.717, 1.165) is 23.5 Å². The van der Waals surface area contributed by atoms with Gasteiger partial charge in [-0.2, -0.15) is 0 Å². The Morgan fingerprint density at radius 1 is 1.29 bits per heavy atom. The summed E-state index contributed by atoms with van der Waals surface area (Å²) in [4.78, 5) is 19.4. The number of likely N-dealkylation sites (N-methyl/N-ethyl adjacent to an activating group) is 1. The maximum absolute atomic E-state index is 11.8. The lowest BCUT2D eigenvalue weighted by molar-refractivity contribution is -0.125. The predicted octanol–water partition coefficient (Wildman–Crippen LogP) is 1.73. The molecule has 1 aliphatic rings. The molecule has 1 atom stereocenters. The number of nitrogens with zero attached hydrogens (tertiary/aromatic N) is 3. The molecule has 0 spiro atoms. The zero-order valence-corrected chi connectivity index (χ0v) is 12.0. The van der Waals surface area contributed by atoms with Crippen LogP contribution in [0.25, 0.3) is 0 Å². The molecule has 3 rings (SSSR count). The number of pyridine rings is 1. The molecule has 0 saturated carbocycles. The summed E-state index contributed by atoms with van der Waals surface area (Å²) in [7, 11) is 3.68. The average Bonchev–Trinajstić information content (AvgIpc) is 2.73. The zero-order valence-electron chi connectivity index (χ0n) is 12.0. The highest BCUT2D eigenvalue weighted by Gasteiger charge is 2.33. The van der Waals surface area contributed by atoms with Crippen LogP contribution in [0.1, 0.15) is 17.2 Å². The molecule has 1 aromatic carbocycles. The molecule has 0 saturated heterocycles. The third kappa shape index (κ3) is 2.36. The van der Waals surface area contributed by atoms with E-state index in [-0.39, 0.29) is 5.91 Å². The smallest absolute Gasteiger partial charge is 0.260 e. The standard InChI is InChI=1S/C16H17N3O2/c1-18(10-11-5-7-17-8-6-11)12-3-4-13-14(9-12)19(2)16(21)15(13)20/h3-9,15,20H,10H2,1-2H3. The van der Waals surface area contributed by atoms with Gasteiger partial charge in [0.25, 0.3) is 5.91 Å². The Bertz CT molecular complexity index is 672. The molecule has 1 aliphatic heterocycles. The van der Waals surface area contributed by atoms with Crippen molar-refractivity contribution >= 4 is 17.3 Å². The molecular weight excluding hydrogens is 266 g/mol. The Morgan fingerprint density at radius 2 is 2.00 bits per heavy atom. The first-order chi connectivity index (χ1) is 10.1. The number of aliphatic hydroxyl groups excluding tert-OH is 1. The summed E-state index contributed by atoms with van der Waals surface area (Å²) in [5.74, 6) is -0.279. The summed E-state index contributed by atoms with van der Waals surface area (Å²) in [5, 5.41) is 9.87. The fourth-order valence-corrected chi connectivity index (χ4v) is 2.58. The van der Waals surface area contributed by atoms with Crippen molar-refractivity contribution in [1.29, 1.82) is 0 Å². The van der Waals surface area contributed by atoms with Gasteiger partial charge in [0.2, 0.25) is 0 Å². The fraction of sp³-hybridized carbons (Fsp3) is 0.250. The highest BCUT2D eigenvalue weighted by atomic mass is 16.3. The second-order valence-electron chi connectivity index (χ2n) is 5.25. The van der Waals surface area contributed by atoms with E-state index in [4.69, 9.17) is 0 Å². The topological polar surface area (TPSA) is 56.7 Å². The van der Waals surface area contributed by atoms with Crippen LogP contribution in [0.3, 0.4) is 0 Å². The Labute approximate surface area is 123 Å². The molecule has 5 nitrogen and oxygen atoms in total. The lowest BCUT2D eigenvalue weighted by Crippen LogP contribution is -2.23. The summed E-state index contributed by atoms with van der Waals surface area (Å²) in [6.07, 6.45) is 2.51. The van der Waals surface area contributed by atoms with Crippen LogP contribution < -0.4 is 9.80 Å². The van der Waals surface area contributed by atoms with Gasteiger partial charge in [-0.25, -0.2) is 0 Å². The lowest BCUT2D eigenvalue weighted by atomic mass is 10.1. The minimum absolute atomic E-state index is 0.279. The van der Waals surface area contributed by atoms with Gasteiger partial charge in [0.1, 0.15) is 0 Å². The number of carbonyl (C=O) groups excluding carboxylic acids is 1. The second-order valence-corrected chi connectivity index (χ2v) is 5.25. The van der Waals surface area contributed by atoms with Gasteiger partial charge in [-0.15, -0.1) is 0 Å². The Hall–Kier alpha value is -2.40. The Kier molecular flexibility index (Phi) is 3.35. The predicted molar refractivity (Wildman–Crippen MR) is 81.2 cm³/mol.